The minimum Gasteiger partial charge on any atom is -0.394 e. The molecule has 0 spiro atoms. The first kappa shape index (κ1) is 13.7. The smallest absolute Gasteiger partial charge is 0.242 e. The Morgan fingerprint density at radius 2 is 2.21 bits per heavy atom. The number of nitrogens with two attached hydrogens (primary N) is 2. The van der Waals surface area contributed by atoms with Crippen molar-refractivity contribution in [1.29, 1.82) is 0 Å². The molecule has 2 heterocycles. The fraction of sp³-hybridized carbons (Fsp3) is 0.667. The predicted octanol–water partition coefficient (Wildman–Crippen LogP) is 0.0451. The van der Waals surface area contributed by atoms with Crippen molar-refractivity contribution in [3.8, 4) is 0 Å². The molecule has 0 radical (unpaired) electrons. The van der Waals surface area contributed by atoms with Crippen LogP contribution in [-0.4, -0.2) is 41.5 Å². The van der Waals surface area contributed by atoms with Gasteiger partial charge in [-0.1, -0.05) is 0 Å². The maximum Gasteiger partial charge on any atom is 0.242 e. The van der Waals surface area contributed by atoms with E-state index >= 15 is 0 Å². The summed E-state index contributed by atoms with van der Waals surface area (Å²) in [6.07, 6.45) is 0. The van der Waals surface area contributed by atoms with E-state index in [9.17, 15) is 4.79 Å². The summed E-state index contributed by atoms with van der Waals surface area (Å²) in [5, 5.41) is 4.44. The second kappa shape index (κ2) is 5.08. The molecule has 1 fully saturated rings. The van der Waals surface area contributed by atoms with Crippen molar-refractivity contribution in [2.24, 2.45) is 5.73 Å². The lowest BCUT2D eigenvalue weighted by Crippen LogP contribution is -2.53. The number of rotatable bonds is 3. The van der Waals surface area contributed by atoms with Gasteiger partial charge in [-0.2, -0.15) is 5.10 Å². The van der Waals surface area contributed by atoms with Gasteiger partial charge >= 0.3 is 0 Å². The highest BCUT2D eigenvalue weighted by Gasteiger charge is 2.32. The fourth-order valence-electron chi connectivity index (χ4n) is 2.29. The summed E-state index contributed by atoms with van der Waals surface area (Å²) in [6.45, 7) is 7.32. The predicted molar refractivity (Wildman–Crippen MR) is 72.9 cm³/mol. The van der Waals surface area contributed by atoms with Gasteiger partial charge in [0.05, 0.1) is 24.6 Å². The molecule has 2 rings (SSSR count). The molecule has 7 nitrogen and oxygen atoms in total. The van der Waals surface area contributed by atoms with Crippen molar-refractivity contribution in [1.82, 2.24) is 9.78 Å². The fourth-order valence-corrected chi connectivity index (χ4v) is 2.29. The topological polar surface area (TPSA) is 99.4 Å². The van der Waals surface area contributed by atoms with Gasteiger partial charge in [0.25, 0.3) is 0 Å². The summed E-state index contributed by atoms with van der Waals surface area (Å²) < 4.78 is 7.17. The van der Waals surface area contributed by atoms with E-state index in [1.807, 2.05) is 30.4 Å². The van der Waals surface area contributed by atoms with Crippen molar-refractivity contribution >= 4 is 17.4 Å². The van der Waals surface area contributed by atoms with E-state index in [1.165, 1.54) is 0 Å². The highest BCUT2D eigenvalue weighted by atomic mass is 16.5. The molecule has 4 N–H and O–H groups in total. The normalized spacial score (nSPS) is 20.0. The summed E-state index contributed by atoms with van der Waals surface area (Å²) >= 11 is 0. The Hall–Kier alpha value is -1.76. The van der Waals surface area contributed by atoms with Crippen LogP contribution in [0.25, 0.3) is 0 Å². The average Bonchev–Trinajstić information content (AvgIpc) is 2.66. The van der Waals surface area contributed by atoms with Gasteiger partial charge in [0.1, 0.15) is 6.04 Å². The van der Waals surface area contributed by atoms with Gasteiger partial charge < -0.3 is 21.1 Å². The number of nitrogens with zero attached hydrogens (tertiary/aromatic N) is 3. The highest BCUT2D eigenvalue weighted by molar-refractivity contribution is 5.85. The number of nitrogen functional groups attached to an aromatic ring is 1. The molecule has 0 saturated carbocycles. The molecule has 7 heteroatoms. The number of carbonyl (C=O) groups is 1. The molecular weight excluding hydrogens is 246 g/mol. The molecule has 1 aliphatic heterocycles. The molecule has 1 unspecified atom stereocenters. The van der Waals surface area contributed by atoms with Crippen LogP contribution in [0.5, 0.6) is 0 Å². The van der Waals surface area contributed by atoms with Crippen LogP contribution in [0.2, 0.25) is 0 Å². The van der Waals surface area contributed by atoms with Crippen molar-refractivity contribution in [2.45, 2.75) is 32.9 Å². The summed E-state index contributed by atoms with van der Waals surface area (Å²) in [4.78, 5) is 13.5. The molecule has 1 aromatic heterocycles. The zero-order valence-corrected chi connectivity index (χ0v) is 11.6. The van der Waals surface area contributed by atoms with Gasteiger partial charge in [-0.25, -0.2) is 4.68 Å². The standard InChI is InChI=1S/C12H21N5O2/c1-7(2)17-12(10(13)8(3)15-17)16-4-5-19-6-9(16)11(14)18/h7,9H,4-6,13H2,1-3H3,(H2,14,18). The molecule has 1 saturated heterocycles. The number of hydrogen-bond acceptors (Lipinski definition) is 5. The van der Waals surface area contributed by atoms with Gasteiger partial charge in [-0.05, 0) is 20.8 Å². The van der Waals surface area contributed by atoms with Crippen LogP contribution in [0.3, 0.4) is 0 Å². The van der Waals surface area contributed by atoms with Crippen LogP contribution in [-0.2, 0) is 9.53 Å². The molecule has 1 aliphatic rings. The Labute approximate surface area is 112 Å². The van der Waals surface area contributed by atoms with Crippen LogP contribution in [0.4, 0.5) is 11.5 Å². The quantitative estimate of drug-likeness (QED) is 0.806. The van der Waals surface area contributed by atoms with Gasteiger partial charge in [-0.15, -0.1) is 0 Å². The first-order valence-corrected chi connectivity index (χ1v) is 6.41. The number of anilines is 2. The Balaban J connectivity index is 2.46. The van der Waals surface area contributed by atoms with Crippen molar-refractivity contribution < 1.29 is 9.53 Å². The molecule has 0 aliphatic carbocycles. The Kier molecular flexibility index (Phi) is 3.66. The minimum absolute atomic E-state index is 0.155. The van der Waals surface area contributed by atoms with E-state index < -0.39 is 11.9 Å². The number of aromatic nitrogens is 2. The number of hydrogen-bond donors (Lipinski definition) is 2. The number of primary amides is 1. The van der Waals surface area contributed by atoms with Crippen LogP contribution >= 0.6 is 0 Å². The summed E-state index contributed by atoms with van der Waals surface area (Å²) in [7, 11) is 0. The molecule has 1 aromatic rings. The van der Waals surface area contributed by atoms with Gasteiger partial charge in [0.15, 0.2) is 5.82 Å². The van der Waals surface area contributed by atoms with Crippen LogP contribution in [0.1, 0.15) is 25.6 Å². The maximum absolute atomic E-state index is 11.6. The van der Waals surface area contributed by atoms with Gasteiger partial charge in [0, 0.05) is 12.6 Å². The number of ether oxygens (including phenoxy) is 1. The lowest BCUT2D eigenvalue weighted by molar-refractivity contribution is -0.121. The van der Waals surface area contributed by atoms with Crippen LogP contribution in [0.15, 0.2) is 0 Å². The SMILES string of the molecule is Cc1nn(C(C)C)c(N2CCOCC2C(N)=O)c1N. The van der Waals surface area contributed by atoms with Gasteiger partial charge in [-0.3, -0.25) is 4.79 Å². The second-order valence-electron chi connectivity index (χ2n) is 5.05. The van der Waals surface area contributed by atoms with E-state index in [0.717, 1.165) is 11.5 Å². The third-order valence-electron chi connectivity index (χ3n) is 3.32. The van der Waals surface area contributed by atoms with Crippen molar-refractivity contribution in [3.05, 3.63) is 5.69 Å². The lowest BCUT2D eigenvalue weighted by atomic mass is 10.2. The molecule has 0 aromatic carbocycles. The summed E-state index contributed by atoms with van der Waals surface area (Å²) in [5.74, 6) is 0.354. The third kappa shape index (κ3) is 2.37. The minimum atomic E-state index is -0.496. The Bertz CT molecular complexity index is 483. The van der Waals surface area contributed by atoms with Crippen molar-refractivity contribution in [3.63, 3.8) is 0 Å². The number of aryl methyl sites for hydroxylation is 1. The highest BCUT2D eigenvalue weighted by Crippen LogP contribution is 2.31. The zero-order valence-electron chi connectivity index (χ0n) is 11.6. The van der Waals surface area contributed by atoms with Crippen molar-refractivity contribution in [2.75, 3.05) is 30.4 Å². The zero-order chi connectivity index (χ0) is 14.2. The first-order chi connectivity index (χ1) is 8.93. The molecular formula is C12H21N5O2. The Morgan fingerprint density at radius 1 is 1.53 bits per heavy atom. The van der Waals surface area contributed by atoms with E-state index in [1.54, 1.807) is 0 Å². The van der Waals surface area contributed by atoms with Gasteiger partial charge in [0.2, 0.25) is 5.91 Å². The molecule has 1 amide bonds. The van der Waals surface area contributed by atoms with E-state index in [-0.39, 0.29) is 12.6 Å². The van der Waals surface area contributed by atoms with Crippen LogP contribution < -0.4 is 16.4 Å². The monoisotopic (exact) mass is 267 g/mol. The maximum atomic E-state index is 11.6. The molecule has 1 atom stereocenters. The number of carbonyl (C=O) groups excluding carboxylic acids is 1. The average molecular weight is 267 g/mol. The second-order valence-corrected chi connectivity index (χ2v) is 5.05. The largest absolute Gasteiger partial charge is 0.394 e. The summed E-state index contributed by atoms with van der Waals surface area (Å²) in [6, 6.07) is -0.341. The van der Waals surface area contributed by atoms with E-state index in [4.69, 9.17) is 16.2 Å². The Morgan fingerprint density at radius 3 is 2.79 bits per heavy atom. The summed E-state index contributed by atoms with van der Waals surface area (Å²) in [5.41, 5.74) is 12.9. The van der Waals surface area contributed by atoms with Crippen LogP contribution in [0, 0.1) is 6.92 Å². The number of amides is 1. The van der Waals surface area contributed by atoms with E-state index in [0.29, 0.717) is 18.8 Å². The lowest BCUT2D eigenvalue weighted by Gasteiger charge is -2.36. The molecule has 19 heavy (non-hydrogen) atoms. The molecule has 0 bridgehead atoms. The first-order valence-electron chi connectivity index (χ1n) is 6.41. The third-order valence-corrected chi connectivity index (χ3v) is 3.32. The molecule has 106 valence electrons. The number of morpholine rings is 1. The van der Waals surface area contributed by atoms with E-state index in [2.05, 4.69) is 5.10 Å².